The van der Waals surface area contributed by atoms with Crippen molar-refractivity contribution in [2.24, 2.45) is 0 Å². The van der Waals surface area contributed by atoms with Gasteiger partial charge in [0, 0.05) is 10.4 Å². The van der Waals surface area contributed by atoms with Crippen molar-refractivity contribution in [2.45, 2.75) is 33.8 Å². The van der Waals surface area contributed by atoms with E-state index in [0.29, 0.717) is 10.6 Å². The minimum absolute atomic E-state index is 0.192. The molecule has 0 aliphatic rings. The third kappa shape index (κ3) is 3.96. The van der Waals surface area contributed by atoms with E-state index in [-0.39, 0.29) is 11.7 Å². The van der Waals surface area contributed by atoms with Crippen molar-refractivity contribution >= 4 is 28.2 Å². The highest BCUT2D eigenvalue weighted by Gasteiger charge is 2.23. The molecule has 2 rings (SSSR count). The average Bonchev–Trinajstić information content (AvgIpc) is 2.73. The molecule has 0 spiro atoms. The molecule has 1 heterocycles. The van der Waals surface area contributed by atoms with Crippen molar-refractivity contribution in [3.8, 4) is 0 Å². The van der Waals surface area contributed by atoms with Crippen LogP contribution in [0.2, 0.25) is 0 Å². The van der Waals surface area contributed by atoms with Crippen LogP contribution in [0.15, 0.2) is 24.3 Å². The van der Waals surface area contributed by atoms with E-state index in [2.05, 4.69) is 5.32 Å². The third-order valence-corrected chi connectivity index (χ3v) is 4.37. The summed E-state index contributed by atoms with van der Waals surface area (Å²) in [6.07, 6.45) is -0.256. The van der Waals surface area contributed by atoms with Crippen molar-refractivity contribution in [2.75, 3.05) is 5.32 Å². The maximum atomic E-state index is 13.2. The quantitative estimate of drug-likeness (QED) is 0.847. The fourth-order valence-electron chi connectivity index (χ4n) is 2.04. The van der Waals surface area contributed by atoms with Crippen LogP contribution in [0.5, 0.6) is 0 Å². The molecule has 0 aliphatic heterocycles. The third-order valence-electron chi connectivity index (χ3n) is 3.25. The van der Waals surface area contributed by atoms with Crippen molar-refractivity contribution in [3.63, 3.8) is 0 Å². The lowest BCUT2D eigenvalue weighted by Gasteiger charge is -2.10. The Morgan fingerprint density at radius 1 is 1.26 bits per heavy atom. The van der Waals surface area contributed by atoms with E-state index in [1.807, 2.05) is 6.92 Å². The number of amides is 1. The second kappa shape index (κ2) is 6.91. The maximum absolute atomic E-state index is 13.2. The van der Waals surface area contributed by atoms with Crippen LogP contribution in [0.1, 0.15) is 45.0 Å². The van der Waals surface area contributed by atoms with Crippen LogP contribution in [0.4, 0.5) is 9.39 Å². The summed E-state index contributed by atoms with van der Waals surface area (Å²) < 4.78 is 18.5. The Kier molecular flexibility index (Phi) is 5.15. The number of nitrogens with one attached hydrogen (secondary N) is 1. The number of esters is 1. The largest absolute Gasteiger partial charge is 0.459 e. The van der Waals surface area contributed by atoms with E-state index >= 15 is 0 Å². The molecule has 1 N–H and O–H groups in total. The van der Waals surface area contributed by atoms with Crippen LogP contribution in [0.3, 0.4) is 0 Å². The summed E-state index contributed by atoms with van der Waals surface area (Å²) in [6, 6.07) is 5.39. The molecule has 1 aromatic heterocycles. The first-order valence-corrected chi connectivity index (χ1v) is 7.99. The van der Waals surface area contributed by atoms with Gasteiger partial charge in [-0.1, -0.05) is 6.07 Å². The standard InChI is InChI=1S/C17H18FNO3S/c1-9(2)22-17(21)14-10(3)11(4)23-16(14)19-15(20)12-6-5-7-13(18)8-12/h5-9H,1-4H3,(H,19,20). The van der Waals surface area contributed by atoms with E-state index in [1.54, 1.807) is 20.8 Å². The summed E-state index contributed by atoms with van der Waals surface area (Å²) >= 11 is 1.30. The van der Waals surface area contributed by atoms with E-state index in [1.165, 1.54) is 29.5 Å². The molecule has 0 aliphatic carbocycles. The number of thiophene rings is 1. The van der Waals surface area contributed by atoms with E-state index in [4.69, 9.17) is 4.74 Å². The number of halogens is 1. The predicted molar refractivity (Wildman–Crippen MR) is 88.7 cm³/mol. The van der Waals surface area contributed by atoms with Crippen LogP contribution in [-0.2, 0) is 4.74 Å². The highest BCUT2D eigenvalue weighted by Crippen LogP contribution is 2.33. The number of ether oxygens (including phenoxy) is 1. The second-order valence-electron chi connectivity index (χ2n) is 5.41. The lowest BCUT2D eigenvalue weighted by atomic mass is 10.1. The van der Waals surface area contributed by atoms with Gasteiger partial charge in [0.2, 0.25) is 0 Å². The first-order chi connectivity index (χ1) is 10.8. The first kappa shape index (κ1) is 17.1. The van der Waals surface area contributed by atoms with Crippen LogP contribution >= 0.6 is 11.3 Å². The highest BCUT2D eigenvalue weighted by atomic mass is 32.1. The van der Waals surface area contributed by atoms with Gasteiger partial charge >= 0.3 is 5.97 Å². The number of benzene rings is 1. The van der Waals surface area contributed by atoms with Gasteiger partial charge in [0.05, 0.1) is 11.7 Å². The highest BCUT2D eigenvalue weighted by molar-refractivity contribution is 7.16. The molecular weight excluding hydrogens is 317 g/mol. The number of carbonyl (C=O) groups excluding carboxylic acids is 2. The fourth-order valence-corrected chi connectivity index (χ4v) is 3.08. The Balaban J connectivity index is 2.31. The second-order valence-corrected chi connectivity index (χ2v) is 6.63. The minimum Gasteiger partial charge on any atom is -0.459 e. The van der Waals surface area contributed by atoms with Gasteiger partial charge in [0.1, 0.15) is 10.8 Å². The van der Waals surface area contributed by atoms with E-state index in [9.17, 15) is 14.0 Å². The molecule has 0 fully saturated rings. The smallest absolute Gasteiger partial charge is 0.341 e. The Bertz CT molecular complexity index is 752. The zero-order chi connectivity index (χ0) is 17.1. The molecule has 0 bridgehead atoms. The molecule has 4 nitrogen and oxygen atoms in total. The molecule has 1 aromatic carbocycles. The van der Waals surface area contributed by atoms with Gasteiger partial charge in [-0.2, -0.15) is 0 Å². The fraction of sp³-hybridized carbons (Fsp3) is 0.294. The molecule has 0 unspecified atom stereocenters. The Morgan fingerprint density at radius 2 is 1.96 bits per heavy atom. The van der Waals surface area contributed by atoms with Gasteiger partial charge in [-0.25, -0.2) is 9.18 Å². The Hall–Kier alpha value is -2.21. The van der Waals surface area contributed by atoms with E-state index in [0.717, 1.165) is 16.5 Å². The Labute approximate surface area is 138 Å². The summed E-state index contributed by atoms with van der Waals surface area (Å²) in [4.78, 5) is 25.4. The van der Waals surface area contributed by atoms with Crippen LogP contribution in [0.25, 0.3) is 0 Å². The predicted octanol–water partition coefficient (Wildman–Crippen LogP) is 4.32. The summed E-state index contributed by atoms with van der Waals surface area (Å²) in [5.74, 6) is -1.43. The number of rotatable bonds is 4. The van der Waals surface area contributed by atoms with Crippen molar-refractivity contribution in [1.82, 2.24) is 0 Å². The molecule has 0 radical (unpaired) electrons. The molecule has 1 amide bonds. The molecule has 0 saturated carbocycles. The van der Waals surface area contributed by atoms with Gasteiger partial charge in [-0.15, -0.1) is 11.3 Å². The zero-order valence-electron chi connectivity index (χ0n) is 13.4. The normalized spacial score (nSPS) is 10.7. The number of carbonyl (C=O) groups is 2. The van der Waals surface area contributed by atoms with Gasteiger partial charge in [0.15, 0.2) is 0 Å². The molecule has 2 aromatic rings. The lowest BCUT2D eigenvalue weighted by molar-refractivity contribution is 0.0379. The summed E-state index contributed by atoms with van der Waals surface area (Å²) in [5.41, 5.74) is 1.32. The zero-order valence-corrected chi connectivity index (χ0v) is 14.2. The van der Waals surface area contributed by atoms with Crippen LogP contribution in [-0.4, -0.2) is 18.0 Å². The average molecular weight is 335 g/mol. The van der Waals surface area contributed by atoms with Crippen molar-refractivity contribution in [1.29, 1.82) is 0 Å². The molecule has 0 saturated heterocycles. The lowest BCUT2D eigenvalue weighted by Crippen LogP contribution is -2.17. The topological polar surface area (TPSA) is 55.4 Å². The van der Waals surface area contributed by atoms with Crippen molar-refractivity contribution in [3.05, 3.63) is 51.7 Å². The molecule has 0 atom stereocenters. The Morgan fingerprint density at radius 3 is 2.57 bits per heavy atom. The number of hydrogen-bond donors (Lipinski definition) is 1. The van der Waals surface area contributed by atoms with Crippen LogP contribution < -0.4 is 5.32 Å². The van der Waals surface area contributed by atoms with Gasteiger partial charge in [0.25, 0.3) is 5.91 Å². The number of anilines is 1. The van der Waals surface area contributed by atoms with Gasteiger partial charge in [-0.05, 0) is 51.5 Å². The summed E-state index contributed by atoms with van der Waals surface area (Å²) in [6.45, 7) is 7.19. The summed E-state index contributed by atoms with van der Waals surface area (Å²) in [5, 5.41) is 3.10. The molecule has 6 heteroatoms. The van der Waals surface area contributed by atoms with Crippen molar-refractivity contribution < 1.29 is 18.7 Å². The number of hydrogen-bond acceptors (Lipinski definition) is 4. The van der Waals surface area contributed by atoms with Crippen LogP contribution in [0, 0.1) is 19.7 Å². The van der Waals surface area contributed by atoms with Gasteiger partial charge in [-0.3, -0.25) is 4.79 Å². The molecule has 122 valence electrons. The SMILES string of the molecule is Cc1sc(NC(=O)c2cccc(F)c2)c(C(=O)OC(C)C)c1C. The maximum Gasteiger partial charge on any atom is 0.341 e. The molecule has 23 heavy (non-hydrogen) atoms. The molecular formula is C17H18FNO3S. The minimum atomic E-state index is -0.490. The number of aryl methyl sites for hydroxylation is 1. The summed E-state index contributed by atoms with van der Waals surface area (Å²) in [7, 11) is 0. The van der Waals surface area contributed by atoms with E-state index < -0.39 is 17.7 Å². The monoisotopic (exact) mass is 335 g/mol. The first-order valence-electron chi connectivity index (χ1n) is 7.17. The van der Waals surface area contributed by atoms with Gasteiger partial charge < -0.3 is 10.1 Å².